The van der Waals surface area contributed by atoms with Crippen LogP contribution >= 0.6 is 0 Å². The number of hydrogen-bond donors (Lipinski definition) is 0. The van der Waals surface area contributed by atoms with Gasteiger partial charge in [0.15, 0.2) is 0 Å². The summed E-state index contributed by atoms with van der Waals surface area (Å²) in [6.07, 6.45) is 2.63. The molecule has 1 aromatic heterocycles. The lowest BCUT2D eigenvalue weighted by molar-refractivity contribution is -0.0528. The van der Waals surface area contributed by atoms with Gasteiger partial charge >= 0.3 is 6.61 Å². The summed E-state index contributed by atoms with van der Waals surface area (Å²) in [6, 6.07) is 14.2. The quantitative estimate of drug-likeness (QED) is 0.496. The van der Waals surface area contributed by atoms with E-state index >= 15 is 0 Å². The number of nitrogens with zero attached hydrogens (tertiary/aromatic N) is 2. The van der Waals surface area contributed by atoms with Crippen LogP contribution in [-0.4, -0.2) is 17.3 Å². The van der Waals surface area contributed by atoms with Crippen molar-refractivity contribution in [3.8, 4) is 17.0 Å². The maximum atomic E-state index is 14.0. The lowest BCUT2D eigenvalue weighted by Gasteiger charge is -2.09. The Bertz CT molecular complexity index is 1010. The highest BCUT2D eigenvalue weighted by Crippen LogP contribution is 2.33. The molecule has 1 unspecified atom stereocenters. The Morgan fingerprint density at radius 3 is 2.21 bits per heavy atom. The molecule has 3 aromatic rings. The van der Waals surface area contributed by atoms with E-state index in [0.29, 0.717) is 18.6 Å². The molecule has 4 rings (SSSR count). The van der Waals surface area contributed by atoms with Crippen molar-refractivity contribution in [2.45, 2.75) is 25.5 Å². The second-order valence-electron chi connectivity index (χ2n) is 6.61. The van der Waals surface area contributed by atoms with Crippen LogP contribution in [0.25, 0.3) is 11.1 Å². The summed E-state index contributed by atoms with van der Waals surface area (Å²) in [7, 11) is 0. The van der Waals surface area contributed by atoms with E-state index in [9.17, 15) is 17.6 Å². The molecule has 0 N–H and O–H groups in total. The van der Waals surface area contributed by atoms with Gasteiger partial charge in [-0.05, 0) is 42.2 Å². The Hall–Kier alpha value is -3.22. The van der Waals surface area contributed by atoms with Gasteiger partial charge in [0.1, 0.15) is 11.6 Å². The fourth-order valence-corrected chi connectivity index (χ4v) is 3.40. The number of aliphatic imine (C=N–C) groups is 1. The normalized spacial score (nSPS) is 16.2. The molecule has 0 radical (unpaired) electrons. The number of pyridine rings is 1. The molecule has 0 amide bonds. The summed E-state index contributed by atoms with van der Waals surface area (Å²) in [5.74, 6) is -1.35. The first-order chi connectivity index (χ1) is 14.0. The Balaban J connectivity index is 1.52. The van der Waals surface area contributed by atoms with Crippen LogP contribution in [0.3, 0.4) is 0 Å². The van der Waals surface area contributed by atoms with Gasteiger partial charge in [0.05, 0.1) is 11.6 Å². The second kappa shape index (κ2) is 8.03. The highest BCUT2D eigenvalue weighted by Gasteiger charge is 2.24. The van der Waals surface area contributed by atoms with Gasteiger partial charge in [-0.15, -0.1) is 0 Å². The fourth-order valence-electron chi connectivity index (χ4n) is 3.40. The van der Waals surface area contributed by atoms with E-state index in [-0.39, 0.29) is 17.5 Å². The minimum atomic E-state index is -2.91. The van der Waals surface area contributed by atoms with Crippen molar-refractivity contribution >= 4 is 5.71 Å². The predicted octanol–water partition coefficient (Wildman–Crippen LogP) is 5.95. The average molecular weight is 400 g/mol. The van der Waals surface area contributed by atoms with Crippen molar-refractivity contribution < 1.29 is 22.3 Å². The summed E-state index contributed by atoms with van der Waals surface area (Å²) in [5, 5.41) is 0. The maximum Gasteiger partial charge on any atom is 0.388 e. The van der Waals surface area contributed by atoms with Crippen molar-refractivity contribution in [1.82, 2.24) is 4.98 Å². The standard InChI is InChI=1S/C22H16F4N2O/c23-16-2-1-3-17(24)21(16)19-10-9-18(28-19)14-6-4-13(5-7-14)15-8-11-20(27-12-15)29-22(25)26/h1-8,11-12,18,22H,9-10H2. The third-order valence-electron chi connectivity index (χ3n) is 4.79. The predicted molar refractivity (Wildman–Crippen MR) is 101 cm³/mol. The molecule has 29 heavy (non-hydrogen) atoms. The zero-order valence-electron chi connectivity index (χ0n) is 15.2. The number of benzene rings is 2. The van der Waals surface area contributed by atoms with E-state index in [2.05, 4.69) is 14.7 Å². The molecule has 0 aliphatic carbocycles. The average Bonchev–Trinajstić information content (AvgIpc) is 3.18. The topological polar surface area (TPSA) is 34.5 Å². The number of aromatic nitrogens is 1. The van der Waals surface area contributed by atoms with Gasteiger partial charge in [0, 0.05) is 23.5 Å². The largest absolute Gasteiger partial charge is 0.417 e. The van der Waals surface area contributed by atoms with Crippen molar-refractivity contribution in [3.63, 3.8) is 0 Å². The molecule has 2 heterocycles. The Kier molecular flexibility index (Phi) is 5.29. The van der Waals surface area contributed by atoms with Gasteiger partial charge < -0.3 is 4.74 Å². The van der Waals surface area contributed by atoms with Crippen LogP contribution in [-0.2, 0) is 0 Å². The molecule has 0 spiro atoms. The first kappa shape index (κ1) is 19.1. The number of rotatable bonds is 5. The van der Waals surface area contributed by atoms with Crippen molar-refractivity contribution in [2.75, 3.05) is 0 Å². The first-order valence-electron chi connectivity index (χ1n) is 9.03. The van der Waals surface area contributed by atoms with E-state index in [4.69, 9.17) is 0 Å². The maximum absolute atomic E-state index is 14.0. The lowest BCUT2D eigenvalue weighted by atomic mass is 10.00. The van der Waals surface area contributed by atoms with Crippen LogP contribution < -0.4 is 4.74 Å². The Morgan fingerprint density at radius 1 is 0.897 bits per heavy atom. The summed E-state index contributed by atoms with van der Waals surface area (Å²) in [6.45, 7) is -2.91. The monoisotopic (exact) mass is 400 g/mol. The Labute approximate surface area is 164 Å². The first-order valence-corrected chi connectivity index (χ1v) is 9.03. The minimum absolute atomic E-state index is 0.0520. The van der Waals surface area contributed by atoms with E-state index in [1.807, 2.05) is 24.3 Å². The molecular weight excluding hydrogens is 384 g/mol. The molecule has 1 aliphatic heterocycles. The molecule has 0 saturated carbocycles. The zero-order chi connectivity index (χ0) is 20.4. The van der Waals surface area contributed by atoms with Gasteiger partial charge in [-0.2, -0.15) is 8.78 Å². The number of ether oxygens (including phenoxy) is 1. The molecule has 7 heteroatoms. The van der Waals surface area contributed by atoms with Gasteiger partial charge in [0.25, 0.3) is 0 Å². The second-order valence-corrected chi connectivity index (χ2v) is 6.61. The van der Waals surface area contributed by atoms with Crippen molar-refractivity contribution in [2.24, 2.45) is 4.99 Å². The van der Waals surface area contributed by atoms with Crippen LogP contribution in [0.15, 0.2) is 65.8 Å². The third-order valence-corrected chi connectivity index (χ3v) is 4.79. The summed E-state index contributed by atoms with van der Waals surface area (Å²) < 4.78 is 56.6. The zero-order valence-corrected chi connectivity index (χ0v) is 15.2. The minimum Gasteiger partial charge on any atom is -0.417 e. The molecule has 0 saturated heterocycles. The van der Waals surface area contributed by atoms with Crippen molar-refractivity contribution in [3.05, 3.63) is 83.6 Å². The van der Waals surface area contributed by atoms with Gasteiger partial charge in [0.2, 0.25) is 5.88 Å². The van der Waals surface area contributed by atoms with Crippen LogP contribution in [0.5, 0.6) is 5.88 Å². The van der Waals surface area contributed by atoms with Crippen LogP contribution in [0.4, 0.5) is 17.6 Å². The fraction of sp³-hybridized carbons (Fsp3) is 0.182. The summed E-state index contributed by atoms with van der Waals surface area (Å²) in [5.41, 5.74) is 2.93. The highest BCUT2D eigenvalue weighted by atomic mass is 19.3. The number of hydrogen-bond acceptors (Lipinski definition) is 3. The van der Waals surface area contributed by atoms with E-state index in [1.165, 1.54) is 30.5 Å². The number of halogens is 4. The van der Waals surface area contributed by atoms with Crippen LogP contribution in [0, 0.1) is 11.6 Å². The third kappa shape index (κ3) is 4.13. The SMILES string of the molecule is Fc1cccc(F)c1C1=NC(c2ccc(-c3ccc(OC(F)F)nc3)cc2)CC1. The molecule has 1 aliphatic rings. The van der Waals surface area contributed by atoms with E-state index in [0.717, 1.165) is 16.7 Å². The van der Waals surface area contributed by atoms with Gasteiger partial charge in [-0.3, -0.25) is 4.99 Å². The molecule has 2 aromatic carbocycles. The highest BCUT2D eigenvalue weighted by molar-refractivity contribution is 6.02. The van der Waals surface area contributed by atoms with E-state index < -0.39 is 18.2 Å². The molecule has 1 atom stereocenters. The molecule has 0 bridgehead atoms. The van der Waals surface area contributed by atoms with Crippen LogP contribution in [0.2, 0.25) is 0 Å². The smallest absolute Gasteiger partial charge is 0.388 e. The lowest BCUT2D eigenvalue weighted by Crippen LogP contribution is -2.03. The van der Waals surface area contributed by atoms with Crippen molar-refractivity contribution in [1.29, 1.82) is 0 Å². The molecule has 148 valence electrons. The van der Waals surface area contributed by atoms with Crippen LogP contribution in [0.1, 0.15) is 30.0 Å². The molecule has 0 fully saturated rings. The van der Waals surface area contributed by atoms with Gasteiger partial charge in [-0.25, -0.2) is 13.8 Å². The number of alkyl halides is 2. The molecule has 3 nitrogen and oxygen atoms in total. The summed E-state index contributed by atoms with van der Waals surface area (Å²) >= 11 is 0. The molecular formula is C22H16F4N2O. The summed E-state index contributed by atoms with van der Waals surface area (Å²) in [4.78, 5) is 8.39. The Morgan fingerprint density at radius 2 is 1.59 bits per heavy atom. The van der Waals surface area contributed by atoms with E-state index in [1.54, 1.807) is 6.07 Å². The van der Waals surface area contributed by atoms with Gasteiger partial charge in [-0.1, -0.05) is 30.3 Å².